The summed E-state index contributed by atoms with van der Waals surface area (Å²) in [5.41, 5.74) is -0.742. The van der Waals surface area contributed by atoms with E-state index in [0.717, 1.165) is 12.8 Å². The fourth-order valence-corrected chi connectivity index (χ4v) is 4.30. The highest BCUT2D eigenvalue weighted by molar-refractivity contribution is 7.89. The van der Waals surface area contributed by atoms with Crippen molar-refractivity contribution < 1.29 is 13.5 Å². The van der Waals surface area contributed by atoms with E-state index >= 15 is 0 Å². The summed E-state index contributed by atoms with van der Waals surface area (Å²) in [5, 5.41) is 9.74. The van der Waals surface area contributed by atoms with E-state index in [9.17, 15) is 13.5 Å². The molecule has 0 radical (unpaired) electrons. The number of H-pyrrole nitrogens is 1. The SMILES string of the molecule is CCc1ncc(S(=O)(=O)NC2(CO)CCCC(C)C2)[nH]1. The lowest BCUT2D eigenvalue weighted by Gasteiger charge is -2.38. The average molecular weight is 301 g/mol. The van der Waals surface area contributed by atoms with Crippen LogP contribution in [0.1, 0.15) is 45.4 Å². The van der Waals surface area contributed by atoms with Crippen molar-refractivity contribution >= 4 is 10.0 Å². The smallest absolute Gasteiger partial charge is 0.258 e. The largest absolute Gasteiger partial charge is 0.394 e. The van der Waals surface area contributed by atoms with E-state index in [1.807, 2.05) is 6.92 Å². The molecule has 3 N–H and O–H groups in total. The first kappa shape index (κ1) is 15.5. The molecule has 1 saturated carbocycles. The number of hydrogen-bond acceptors (Lipinski definition) is 4. The molecule has 1 aliphatic rings. The molecular formula is C13H23N3O3S. The maximum atomic E-state index is 12.4. The number of aliphatic hydroxyl groups is 1. The molecule has 2 unspecified atom stereocenters. The second-order valence-electron chi connectivity index (χ2n) is 5.79. The number of nitrogens with one attached hydrogen (secondary N) is 2. The molecule has 2 rings (SSSR count). The Bertz CT molecular complexity index is 555. The van der Waals surface area contributed by atoms with E-state index < -0.39 is 15.6 Å². The van der Waals surface area contributed by atoms with Crippen LogP contribution in [-0.4, -0.2) is 35.6 Å². The van der Waals surface area contributed by atoms with Crippen LogP contribution in [0.4, 0.5) is 0 Å². The maximum Gasteiger partial charge on any atom is 0.258 e. The maximum absolute atomic E-state index is 12.4. The van der Waals surface area contributed by atoms with Gasteiger partial charge in [0.15, 0.2) is 5.03 Å². The number of nitrogens with zero attached hydrogens (tertiary/aromatic N) is 1. The van der Waals surface area contributed by atoms with Gasteiger partial charge in [0.05, 0.1) is 18.3 Å². The number of sulfonamides is 1. The van der Waals surface area contributed by atoms with E-state index in [1.54, 1.807) is 0 Å². The third-order valence-corrected chi connectivity index (χ3v) is 5.46. The van der Waals surface area contributed by atoms with Crippen LogP contribution in [0.25, 0.3) is 0 Å². The molecule has 114 valence electrons. The normalized spacial score (nSPS) is 27.6. The van der Waals surface area contributed by atoms with E-state index in [4.69, 9.17) is 0 Å². The molecule has 1 aliphatic carbocycles. The highest BCUT2D eigenvalue weighted by Gasteiger charge is 2.38. The van der Waals surface area contributed by atoms with Crippen molar-refractivity contribution in [3.8, 4) is 0 Å². The molecule has 0 aromatic carbocycles. The first-order valence-electron chi connectivity index (χ1n) is 7.09. The van der Waals surface area contributed by atoms with Gasteiger partial charge in [-0.3, -0.25) is 0 Å². The zero-order chi connectivity index (χ0) is 14.8. The number of aromatic amines is 1. The second-order valence-corrected chi connectivity index (χ2v) is 7.44. The highest BCUT2D eigenvalue weighted by Crippen LogP contribution is 2.33. The highest BCUT2D eigenvalue weighted by atomic mass is 32.2. The van der Waals surface area contributed by atoms with Gasteiger partial charge in [-0.25, -0.2) is 18.1 Å². The zero-order valence-electron chi connectivity index (χ0n) is 12.0. The van der Waals surface area contributed by atoms with Crippen LogP contribution >= 0.6 is 0 Å². The van der Waals surface area contributed by atoms with E-state index in [0.29, 0.717) is 31.0 Å². The van der Waals surface area contributed by atoms with Gasteiger partial charge < -0.3 is 10.1 Å². The Hall–Kier alpha value is -0.920. The van der Waals surface area contributed by atoms with E-state index in [2.05, 4.69) is 21.6 Å². The lowest BCUT2D eigenvalue weighted by atomic mass is 9.78. The van der Waals surface area contributed by atoms with Crippen LogP contribution in [0.15, 0.2) is 11.2 Å². The van der Waals surface area contributed by atoms with Gasteiger partial charge in [0.1, 0.15) is 5.82 Å². The van der Waals surface area contributed by atoms with Crippen LogP contribution in [0, 0.1) is 5.92 Å². The van der Waals surface area contributed by atoms with Crippen molar-refractivity contribution in [1.29, 1.82) is 0 Å². The van der Waals surface area contributed by atoms with Crippen LogP contribution in [-0.2, 0) is 16.4 Å². The molecule has 0 spiro atoms. The fraction of sp³-hybridized carbons (Fsp3) is 0.769. The molecule has 20 heavy (non-hydrogen) atoms. The van der Waals surface area contributed by atoms with Crippen molar-refractivity contribution in [2.75, 3.05) is 6.61 Å². The Balaban J connectivity index is 2.21. The summed E-state index contributed by atoms with van der Waals surface area (Å²) in [6, 6.07) is 0. The van der Waals surface area contributed by atoms with E-state index in [1.165, 1.54) is 6.20 Å². The zero-order valence-corrected chi connectivity index (χ0v) is 12.8. The summed E-state index contributed by atoms with van der Waals surface area (Å²) >= 11 is 0. The van der Waals surface area contributed by atoms with Crippen LogP contribution in [0.3, 0.4) is 0 Å². The minimum absolute atomic E-state index is 0.0698. The molecule has 0 aliphatic heterocycles. The van der Waals surface area contributed by atoms with Crippen molar-refractivity contribution in [3.05, 3.63) is 12.0 Å². The predicted molar refractivity (Wildman–Crippen MR) is 75.7 cm³/mol. The molecule has 1 aromatic rings. The molecule has 6 nitrogen and oxygen atoms in total. The third kappa shape index (κ3) is 3.21. The number of aliphatic hydroxyl groups excluding tert-OH is 1. The molecule has 1 aromatic heterocycles. The number of aromatic nitrogens is 2. The molecule has 7 heteroatoms. The van der Waals surface area contributed by atoms with Crippen molar-refractivity contribution in [3.63, 3.8) is 0 Å². The van der Waals surface area contributed by atoms with Gasteiger partial charge in [0.25, 0.3) is 10.0 Å². The van der Waals surface area contributed by atoms with Crippen molar-refractivity contribution in [2.45, 2.75) is 56.5 Å². The van der Waals surface area contributed by atoms with Gasteiger partial charge in [0, 0.05) is 6.42 Å². The molecule has 1 fully saturated rings. The Labute approximate surface area is 120 Å². The fourth-order valence-electron chi connectivity index (χ4n) is 2.93. The van der Waals surface area contributed by atoms with Gasteiger partial charge in [-0.2, -0.15) is 0 Å². The summed E-state index contributed by atoms with van der Waals surface area (Å²) in [6.07, 6.45) is 5.32. The Morgan fingerprint density at radius 3 is 2.90 bits per heavy atom. The number of aryl methyl sites for hydroxylation is 1. The third-order valence-electron chi connectivity index (χ3n) is 3.97. The molecular weight excluding hydrogens is 278 g/mol. The van der Waals surface area contributed by atoms with Crippen LogP contribution in [0.2, 0.25) is 0 Å². The average Bonchev–Trinajstić information content (AvgIpc) is 2.88. The summed E-state index contributed by atoms with van der Waals surface area (Å²) < 4.78 is 27.5. The second kappa shape index (κ2) is 5.83. The first-order valence-corrected chi connectivity index (χ1v) is 8.58. The monoisotopic (exact) mass is 301 g/mol. The van der Waals surface area contributed by atoms with Crippen LogP contribution in [0.5, 0.6) is 0 Å². The quantitative estimate of drug-likeness (QED) is 0.761. The lowest BCUT2D eigenvalue weighted by molar-refractivity contribution is 0.119. The van der Waals surface area contributed by atoms with Gasteiger partial charge in [-0.05, 0) is 18.8 Å². The van der Waals surface area contributed by atoms with Gasteiger partial charge in [-0.1, -0.05) is 26.7 Å². The molecule has 0 amide bonds. The lowest BCUT2D eigenvalue weighted by Crippen LogP contribution is -2.53. The van der Waals surface area contributed by atoms with Crippen molar-refractivity contribution in [2.24, 2.45) is 5.92 Å². The molecule has 1 heterocycles. The molecule has 2 atom stereocenters. The predicted octanol–water partition coefficient (Wildman–Crippen LogP) is 1.19. The summed E-state index contributed by atoms with van der Waals surface area (Å²) in [7, 11) is -3.67. The summed E-state index contributed by atoms with van der Waals surface area (Å²) in [5.74, 6) is 1.05. The Morgan fingerprint density at radius 2 is 2.35 bits per heavy atom. The minimum atomic E-state index is -3.67. The number of rotatable bonds is 5. The summed E-state index contributed by atoms with van der Waals surface area (Å²) in [6.45, 7) is 3.81. The number of imidazole rings is 1. The number of hydrogen-bond donors (Lipinski definition) is 3. The molecule has 0 bridgehead atoms. The first-order chi connectivity index (χ1) is 9.41. The topological polar surface area (TPSA) is 95.1 Å². The van der Waals surface area contributed by atoms with Gasteiger partial charge in [-0.15, -0.1) is 0 Å². The standard InChI is InChI=1S/C13H23N3O3S/c1-3-11-14-8-12(15-11)20(18,19)16-13(9-17)6-4-5-10(2)7-13/h8,10,16-17H,3-7,9H2,1-2H3,(H,14,15). The minimum Gasteiger partial charge on any atom is -0.394 e. The van der Waals surface area contributed by atoms with Crippen LogP contribution < -0.4 is 4.72 Å². The summed E-state index contributed by atoms with van der Waals surface area (Å²) in [4.78, 5) is 6.82. The van der Waals surface area contributed by atoms with Gasteiger partial charge in [0.2, 0.25) is 0 Å². The molecule has 0 saturated heterocycles. The Morgan fingerprint density at radius 1 is 1.60 bits per heavy atom. The van der Waals surface area contributed by atoms with Gasteiger partial charge >= 0.3 is 0 Å². The van der Waals surface area contributed by atoms with Crippen molar-refractivity contribution in [1.82, 2.24) is 14.7 Å². The Kier molecular flexibility index (Phi) is 4.51. The van der Waals surface area contributed by atoms with E-state index in [-0.39, 0.29) is 11.6 Å².